The molecule has 2 amide bonds. The van der Waals surface area contributed by atoms with Crippen molar-refractivity contribution in [2.75, 3.05) is 32.5 Å². The van der Waals surface area contributed by atoms with Crippen molar-refractivity contribution < 1.29 is 117 Å². The Bertz CT molecular complexity index is 1870. The van der Waals surface area contributed by atoms with Crippen molar-refractivity contribution in [3.8, 4) is 6.07 Å². The van der Waals surface area contributed by atoms with Gasteiger partial charge in [0.25, 0.3) is 0 Å². The smallest absolute Gasteiger partial charge is 0 e. The van der Waals surface area contributed by atoms with Crippen molar-refractivity contribution >= 4 is 44.3 Å². The van der Waals surface area contributed by atoms with Crippen LogP contribution < -0.4 is 10.6 Å². The second-order valence-corrected chi connectivity index (χ2v) is 16.5. The maximum atomic E-state index is 11.7. The second-order valence-electron chi connectivity index (χ2n) is 13.8. The van der Waals surface area contributed by atoms with Crippen molar-refractivity contribution in [1.29, 1.82) is 5.26 Å². The third-order valence-corrected chi connectivity index (χ3v) is 8.01. The summed E-state index contributed by atoms with van der Waals surface area (Å²) in [5.74, 6) is 0.733. The zero-order valence-corrected chi connectivity index (χ0v) is 53.8. The minimum Gasteiger partial charge on any atom is 0 e. The monoisotopic (exact) mass is 1290 g/mol. The Labute approximate surface area is 524 Å². The Kier molecular flexibility index (Phi) is 204. The molecule has 0 aliphatic carbocycles. The predicted octanol–water partition coefficient (Wildman–Crippen LogP) is 12.6. The predicted molar refractivity (Wildman–Crippen MR) is 311 cm³/mol. The average Bonchev–Trinajstić information content (AvgIpc) is 3.45. The summed E-state index contributed by atoms with van der Waals surface area (Å²) in [6.45, 7) is 50.7. The molecule has 0 rings (SSSR count). The van der Waals surface area contributed by atoms with Crippen LogP contribution in [0.15, 0.2) is 146 Å². The molecule has 0 saturated carbocycles. The fourth-order valence-electron chi connectivity index (χ4n) is 3.47. The van der Waals surface area contributed by atoms with Crippen LogP contribution in [0.2, 0.25) is 0 Å². The molecule has 21 heteroatoms. The van der Waals surface area contributed by atoms with Gasteiger partial charge in [-0.3, -0.25) is 14.2 Å². The Hall–Kier alpha value is -5.82. The van der Waals surface area contributed by atoms with Gasteiger partial charge >= 0.3 is 67.8 Å². The Balaban J connectivity index is -0.0000000456. The van der Waals surface area contributed by atoms with E-state index in [-0.39, 0.29) is 63.0 Å². The Morgan fingerprint density at radius 2 is 0.768 bits per heavy atom. The molecule has 0 spiro atoms. The third kappa shape index (κ3) is 204. The first-order chi connectivity index (χ1) is 38.1. The van der Waals surface area contributed by atoms with Crippen LogP contribution in [0.3, 0.4) is 0 Å². The van der Waals surface area contributed by atoms with Crippen molar-refractivity contribution in [2.45, 2.75) is 115 Å². The summed E-state index contributed by atoms with van der Waals surface area (Å²) in [4.78, 5) is 58.9. The molecule has 0 aliphatic heterocycles. The molecule has 0 heterocycles. The number of unbranched alkanes of at least 4 members (excludes halogenated alkanes) is 3. The number of amides is 2. The van der Waals surface area contributed by atoms with Crippen molar-refractivity contribution in [1.82, 2.24) is 10.6 Å². The first-order valence-corrected chi connectivity index (χ1v) is 26.2. The van der Waals surface area contributed by atoms with Crippen LogP contribution in [-0.4, -0.2) is 69.5 Å². The molecular weight excluding hydrogens is 1200 g/mol. The fraction of sp³-hybridized carbons (Fsp3) is 0.393. The summed E-state index contributed by atoms with van der Waals surface area (Å²) in [6, 6.07) is 2.08. The van der Waals surface area contributed by atoms with Crippen LogP contribution in [-0.2, 0) is 117 Å². The van der Waals surface area contributed by atoms with Crippen LogP contribution in [0.4, 0.5) is 0 Å². The maximum absolute atomic E-state index is 11.7. The number of carbonyl (C=O) groups excluding carboxylic acids is 6. The summed E-state index contributed by atoms with van der Waals surface area (Å²) in [5, 5.41) is 13.8. The largest absolute Gasteiger partial charge is 0 e. The van der Waals surface area contributed by atoms with Gasteiger partial charge in [0.2, 0.25) is 19.2 Å². The molecule has 1 atom stereocenters. The SMILES string of the molecule is C/C=C/C=C/C=C\CC/C=C/C=C/C(=O)NCC(C)C.C/C=C/C=C/C=C\CCC#N.C/C=C/C=C/C=C\CCC=O.CC=O.CC=O.CC=O.CCOP(C)(=O)C/C=C/C(=O)NCC(C)C.[C-]#[O+].[C-]#[O+].[C-]#[O+].[C-]#[O+].[C-]#[O+].[C-]#[O+].[Fe].[Fe].[Fe]. The van der Waals surface area contributed by atoms with E-state index in [0.717, 1.165) is 57.4 Å². The molecule has 0 radical (unpaired) electrons. The summed E-state index contributed by atoms with van der Waals surface area (Å²) in [6.07, 6.45) is 54.5. The summed E-state index contributed by atoms with van der Waals surface area (Å²) in [7, 11) is -2.55. The minimum absolute atomic E-state index is 0. The molecule has 82 heavy (non-hydrogen) atoms. The number of carbonyl (C=O) groups is 6. The molecule has 0 aliphatic rings. The van der Waals surface area contributed by atoms with E-state index in [4.69, 9.17) is 52.1 Å². The maximum Gasteiger partial charge on any atom is 0 e. The van der Waals surface area contributed by atoms with E-state index in [2.05, 4.69) is 82.6 Å². The average molecular weight is 1290 g/mol. The number of aldehydes is 4. The molecule has 460 valence electrons. The molecular formula is C61H88Fe3N3O14P. The van der Waals surface area contributed by atoms with E-state index in [1.165, 1.54) is 26.8 Å². The summed E-state index contributed by atoms with van der Waals surface area (Å²) >= 11 is 0. The van der Waals surface area contributed by atoms with Crippen LogP contribution in [0, 0.1) is 63.1 Å². The van der Waals surface area contributed by atoms with Crippen LogP contribution in [0.5, 0.6) is 0 Å². The van der Waals surface area contributed by atoms with Crippen LogP contribution in [0.1, 0.15) is 115 Å². The zero-order valence-electron chi connectivity index (χ0n) is 49.6. The molecule has 2 N–H and O–H groups in total. The van der Waals surface area contributed by atoms with Gasteiger partial charge in [-0.25, -0.2) is 0 Å². The van der Waals surface area contributed by atoms with Gasteiger partial charge in [-0.1, -0.05) is 161 Å². The normalized spacial score (nSPS) is 9.96. The summed E-state index contributed by atoms with van der Waals surface area (Å²) < 4.78 is 61.7. The first kappa shape index (κ1) is 119. The molecule has 0 fully saturated rings. The van der Waals surface area contributed by atoms with E-state index >= 15 is 0 Å². The number of nitrogens with one attached hydrogen (secondary N) is 2. The number of allylic oxidation sites excluding steroid dienone is 22. The van der Waals surface area contributed by atoms with Crippen LogP contribution in [0.25, 0.3) is 0 Å². The third-order valence-electron chi connectivity index (χ3n) is 6.33. The van der Waals surface area contributed by atoms with Gasteiger partial charge in [-0.2, -0.15) is 5.26 Å². The number of hydrogen-bond acceptors (Lipinski definition) is 9. The zero-order chi connectivity index (χ0) is 64.5. The van der Waals surface area contributed by atoms with Gasteiger partial charge in [-0.15, -0.1) is 0 Å². The summed E-state index contributed by atoms with van der Waals surface area (Å²) in [5.41, 5.74) is 0. The van der Waals surface area contributed by atoms with Gasteiger partial charge < -0.3 is 34.3 Å². The van der Waals surface area contributed by atoms with E-state index in [9.17, 15) is 18.9 Å². The Morgan fingerprint density at radius 1 is 0.488 bits per heavy atom. The fourth-order valence-corrected chi connectivity index (χ4v) is 4.61. The van der Waals surface area contributed by atoms with E-state index in [1.54, 1.807) is 31.8 Å². The Morgan fingerprint density at radius 3 is 1.05 bits per heavy atom. The molecule has 0 saturated heterocycles. The topological polar surface area (TPSA) is 296 Å². The molecule has 0 aromatic rings. The number of hydrogen-bond donors (Lipinski definition) is 2. The molecule has 1 unspecified atom stereocenters. The molecule has 0 aromatic carbocycles. The van der Waals surface area contributed by atoms with E-state index in [0.29, 0.717) is 44.0 Å². The quantitative estimate of drug-likeness (QED) is 0.0128. The van der Waals surface area contributed by atoms with Gasteiger partial charge in [0, 0.05) is 96.0 Å². The molecule has 17 nitrogen and oxygen atoms in total. The molecule has 0 aromatic heterocycles. The van der Waals surface area contributed by atoms with Crippen molar-refractivity contribution in [2.24, 2.45) is 11.8 Å². The van der Waals surface area contributed by atoms with Crippen LogP contribution >= 0.6 is 7.37 Å². The number of nitrogens with zero attached hydrogens (tertiary/aromatic N) is 1. The molecule has 0 bridgehead atoms. The van der Waals surface area contributed by atoms with Gasteiger partial charge in [-0.05, 0) is 92.1 Å². The number of nitriles is 1. The van der Waals surface area contributed by atoms with Gasteiger partial charge in [0.05, 0.1) is 12.7 Å². The van der Waals surface area contributed by atoms with Gasteiger partial charge in [0.15, 0.2) is 0 Å². The van der Waals surface area contributed by atoms with Crippen molar-refractivity contribution in [3.63, 3.8) is 0 Å². The van der Waals surface area contributed by atoms with Crippen molar-refractivity contribution in [3.05, 3.63) is 186 Å². The van der Waals surface area contributed by atoms with Gasteiger partial charge in [0.1, 0.15) is 25.1 Å². The number of rotatable bonds is 25. The van der Waals surface area contributed by atoms with E-state index in [1.807, 2.05) is 144 Å². The standard InChI is InChI=1S/C18H27NO.C11H22NO3P.C10H13N.C10H14O.3C2H4O.6CO.3Fe/c1-4-5-6-7-8-9-10-11-12-13-14-15-18(20)19-16-17(2)3;1-5-15-16(4,14)8-6-7-11(13)12-9-10(2)3;2*1-2-3-4-5-6-7-8-9-10-11;3*1-2-3;6*1-2;;;/h4-9,12-15,17H,10-11,16H2,1-3H3,(H,19,20);6-7,10H,5,8-9H2,1-4H3,(H,12,13);2-7H,8-9H2,1H3;2-7,10H,8-9H2,1H3;3*2H,1H3;;;;;;;;;/b5-4+,7-6+,9-8-,13-12+,15-14+;7-6+;2*3-2+,5-4+,7-6-;;;;;;;;;;;;. The van der Waals surface area contributed by atoms with E-state index < -0.39 is 7.37 Å². The second kappa shape index (κ2) is 141. The minimum atomic E-state index is -2.55. The first-order valence-electron chi connectivity index (χ1n) is 23.9.